The number of carbonyl (C=O) groups excluding carboxylic acids is 2. The maximum Gasteiger partial charge on any atom is 0.243 e. The molecule has 5 heteroatoms. The largest absolute Gasteiger partial charge is 0.329 e. The second-order valence-electron chi connectivity index (χ2n) is 5.10. The Hall–Kier alpha value is -0.940. The van der Waals surface area contributed by atoms with Crippen LogP contribution in [0.2, 0.25) is 0 Å². The van der Waals surface area contributed by atoms with Gasteiger partial charge in [-0.1, -0.05) is 0 Å². The van der Waals surface area contributed by atoms with Gasteiger partial charge in [-0.25, -0.2) is 0 Å². The Balaban J connectivity index is 1.86. The molecule has 1 unspecified atom stereocenters. The van der Waals surface area contributed by atoms with Crippen LogP contribution < -0.4 is 5.73 Å². The molecule has 0 aromatic rings. The third-order valence-corrected chi connectivity index (χ3v) is 3.73. The van der Waals surface area contributed by atoms with Gasteiger partial charge in [0.1, 0.15) is 0 Å². The normalized spacial score (nSPS) is 22.3. The SMILES string of the molecule is CN(CC(=O)N1CCCC1=O)C(CN)C1CC1. The Bertz CT molecular complexity index is 315. The number of nitrogens with two attached hydrogens (primary N) is 1. The summed E-state index contributed by atoms with van der Waals surface area (Å²) in [6.45, 7) is 1.48. The van der Waals surface area contributed by atoms with Crippen LogP contribution in [0.25, 0.3) is 0 Å². The summed E-state index contributed by atoms with van der Waals surface area (Å²) < 4.78 is 0. The summed E-state index contributed by atoms with van der Waals surface area (Å²) in [5, 5.41) is 0. The molecule has 0 aromatic carbocycles. The van der Waals surface area contributed by atoms with Crippen LogP contribution >= 0.6 is 0 Å². The Morgan fingerprint density at radius 2 is 2.29 bits per heavy atom. The van der Waals surface area contributed by atoms with Gasteiger partial charge < -0.3 is 5.73 Å². The molecule has 1 heterocycles. The predicted octanol–water partition coefficient (Wildman–Crippen LogP) is -0.195. The van der Waals surface area contributed by atoms with E-state index in [4.69, 9.17) is 5.73 Å². The lowest BCUT2D eigenvalue weighted by Crippen LogP contribution is -2.46. The third-order valence-electron chi connectivity index (χ3n) is 3.73. The number of amides is 2. The Morgan fingerprint density at radius 3 is 2.76 bits per heavy atom. The molecule has 2 N–H and O–H groups in total. The van der Waals surface area contributed by atoms with Crippen LogP contribution in [0.3, 0.4) is 0 Å². The van der Waals surface area contributed by atoms with E-state index in [1.54, 1.807) is 0 Å². The van der Waals surface area contributed by atoms with Gasteiger partial charge in [-0.15, -0.1) is 0 Å². The highest BCUT2D eigenvalue weighted by atomic mass is 16.2. The molecular formula is C12H21N3O2. The minimum absolute atomic E-state index is 0.0286. The number of nitrogens with zero attached hydrogens (tertiary/aromatic N) is 2. The first-order valence-corrected chi connectivity index (χ1v) is 6.37. The Kier molecular flexibility index (Phi) is 3.79. The first-order chi connectivity index (χ1) is 8.13. The molecule has 0 bridgehead atoms. The highest BCUT2D eigenvalue weighted by Crippen LogP contribution is 2.34. The fourth-order valence-electron chi connectivity index (χ4n) is 2.54. The van der Waals surface area contributed by atoms with Crippen molar-refractivity contribution in [2.24, 2.45) is 11.7 Å². The number of likely N-dealkylation sites (N-methyl/N-ethyl adjacent to an activating group) is 1. The maximum atomic E-state index is 12.0. The summed E-state index contributed by atoms with van der Waals surface area (Å²) in [4.78, 5) is 26.8. The minimum atomic E-state index is -0.0749. The molecule has 2 fully saturated rings. The minimum Gasteiger partial charge on any atom is -0.329 e. The van der Waals surface area contributed by atoms with Gasteiger partial charge in [0, 0.05) is 25.6 Å². The molecule has 1 saturated heterocycles. The summed E-state index contributed by atoms with van der Waals surface area (Å²) >= 11 is 0. The van der Waals surface area contributed by atoms with E-state index in [2.05, 4.69) is 0 Å². The predicted molar refractivity (Wildman–Crippen MR) is 64.2 cm³/mol. The molecule has 2 aliphatic rings. The van der Waals surface area contributed by atoms with Crippen molar-refractivity contribution in [2.75, 3.05) is 26.7 Å². The van der Waals surface area contributed by atoms with E-state index in [-0.39, 0.29) is 17.9 Å². The van der Waals surface area contributed by atoms with E-state index in [1.165, 1.54) is 17.7 Å². The van der Waals surface area contributed by atoms with Gasteiger partial charge >= 0.3 is 0 Å². The first-order valence-electron chi connectivity index (χ1n) is 6.37. The van der Waals surface area contributed by atoms with Crippen molar-refractivity contribution in [2.45, 2.75) is 31.7 Å². The quantitative estimate of drug-likeness (QED) is 0.722. The van der Waals surface area contributed by atoms with Crippen LogP contribution in [-0.2, 0) is 9.59 Å². The maximum absolute atomic E-state index is 12.0. The molecule has 1 aliphatic heterocycles. The number of hydrogen-bond acceptors (Lipinski definition) is 4. The zero-order chi connectivity index (χ0) is 12.4. The molecule has 17 heavy (non-hydrogen) atoms. The zero-order valence-electron chi connectivity index (χ0n) is 10.4. The smallest absolute Gasteiger partial charge is 0.243 e. The van der Waals surface area contributed by atoms with Gasteiger partial charge in [0.2, 0.25) is 11.8 Å². The van der Waals surface area contributed by atoms with Gasteiger partial charge in [-0.05, 0) is 32.2 Å². The van der Waals surface area contributed by atoms with Gasteiger partial charge in [0.05, 0.1) is 6.54 Å². The summed E-state index contributed by atoms with van der Waals surface area (Å²) in [7, 11) is 1.92. The Morgan fingerprint density at radius 1 is 1.59 bits per heavy atom. The van der Waals surface area contributed by atoms with Crippen LogP contribution in [0.5, 0.6) is 0 Å². The lowest BCUT2D eigenvalue weighted by molar-refractivity contribution is -0.142. The summed E-state index contributed by atoms with van der Waals surface area (Å²) in [6, 6.07) is 0.289. The number of carbonyl (C=O) groups is 2. The molecule has 5 nitrogen and oxygen atoms in total. The van der Waals surface area contributed by atoms with E-state index in [1.807, 2.05) is 11.9 Å². The molecule has 2 amide bonds. The van der Waals surface area contributed by atoms with E-state index < -0.39 is 0 Å². The van der Waals surface area contributed by atoms with Crippen LogP contribution in [0.15, 0.2) is 0 Å². The van der Waals surface area contributed by atoms with Gasteiger partial charge in [-0.3, -0.25) is 19.4 Å². The lowest BCUT2D eigenvalue weighted by Gasteiger charge is -2.27. The van der Waals surface area contributed by atoms with Gasteiger partial charge in [-0.2, -0.15) is 0 Å². The second kappa shape index (κ2) is 5.14. The van der Waals surface area contributed by atoms with Crippen molar-refractivity contribution >= 4 is 11.8 Å². The van der Waals surface area contributed by atoms with E-state index in [0.717, 1.165) is 6.42 Å². The molecule has 0 radical (unpaired) electrons. The number of hydrogen-bond donors (Lipinski definition) is 1. The average molecular weight is 239 g/mol. The average Bonchev–Trinajstić information content (AvgIpc) is 3.01. The fourth-order valence-corrected chi connectivity index (χ4v) is 2.54. The lowest BCUT2D eigenvalue weighted by atomic mass is 10.1. The molecule has 1 aliphatic carbocycles. The van der Waals surface area contributed by atoms with Crippen molar-refractivity contribution in [3.63, 3.8) is 0 Å². The van der Waals surface area contributed by atoms with Crippen LogP contribution in [-0.4, -0.2) is 54.3 Å². The highest BCUT2D eigenvalue weighted by molar-refractivity contribution is 5.97. The first kappa shape index (κ1) is 12.5. The molecule has 2 rings (SSSR count). The monoisotopic (exact) mass is 239 g/mol. The van der Waals surface area contributed by atoms with E-state index in [9.17, 15) is 9.59 Å². The molecular weight excluding hydrogens is 218 g/mol. The molecule has 1 atom stereocenters. The standard InChI is InChI=1S/C12H21N3O2/c1-14(10(7-13)9-4-5-9)8-12(17)15-6-2-3-11(15)16/h9-10H,2-8,13H2,1H3. The van der Waals surface area contributed by atoms with E-state index >= 15 is 0 Å². The van der Waals surface area contributed by atoms with Crippen molar-refractivity contribution in [1.82, 2.24) is 9.80 Å². The Labute approximate surface area is 102 Å². The number of likely N-dealkylation sites (tertiary alicyclic amines) is 1. The van der Waals surface area contributed by atoms with Crippen molar-refractivity contribution in [3.05, 3.63) is 0 Å². The summed E-state index contributed by atoms with van der Waals surface area (Å²) in [5.41, 5.74) is 5.74. The summed E-state index contributed by atoms with van der Waals surface area (Å²) in [5.74, 6) is 0.542. The fraction of sp³-hybridized carbons (Fsp3) is 0.833. The second-order valence-corrected chi connectivity index (χ2v) is 5.10. The third kappa shape index (κ3) is 2.84. The van der Waals surface area contributed by atoms with Crippen LogP contribution in [0.1, 0.15) is 25.7 Å². The summed E-state index contributed by atoms with van der Waals surface area (Å²) in [6.07, 6.45) is 3.74. The molecule has 0 spiro atoms. The van der Waals surface area contributed by atoms with Gasteiger partial charge in [0.25, 0.3) is 0 Å². The van der Waals surface area contributed by atoms with Crippen molar-refractivity contribution in [3.8, 4) is 0 Å². The van der Waals surface area contributed by atoms with Crippen molar-refractivity contribution < 1.29 is 9.59 Å². The molecule has 96 valence electrons. The highest BCUT2D eigenvalue weighted by Gasteiger charge is 2.35. The van der Waals surface area contributed by atoms with Crippen LogP contribution in [0.4, 0.5) is 0 Å². The topological polar surface area (TPSA) is 66.6 Å². The van der Waals surface area contributed by atoms with E-state index in [0.29, 0.717) is 32.0 Å². The number of imide groups is 1. The molecule has 0 aromatic heterocycles. The van der Waals surface area contributed by atoms with Crippen LogP contribution in [0, 0.1) is 5.92 Å². The zero-order valence-corrected chi connectivity index (χ0v) is 10.4. The number of rotatable bonds is 5. The van der Waals surface area contributed by atoms with Gasteiger partial charge in [0.15, 0.2) is 0 Å². The molecule has 1 saturated carbocycles. The van der Waals surface area contributed by atoms with Crippen molar-refractivity contribution in [1.29, 1.82) is 0 Å².